The number of anilines is 1. The fourth-order valence-electron chi connectivity index (χ4n) is 2.43. The molecule has 1 aliphatic rings. The highest BCUT2D eigenvalue weighted by Gasteiger charge is 2.27. The highest BCUT2D eigenvalue weighted by atomic mass is 32.2. The molecule has 0 radical (unpaired) electrons. The highest BCUT2D eigenvalue weighted by Crippen LogP contribution is 2.35. The summed E-state index contributed by atoms with van der Waals surface area (Å²) in [5.41, 5.74) is 2.28. The van der Waals surface area contributed by atoms with Crippen molar-refractivity contribution in [1.82, 2.24) is 4.90 Å². The number of nitrogens with one attached hydrogen (secondary N) is 1. The summed E-state index contributed by atoms with van der Waals surface area (Å²) in [6, 6.07) is 18.2. The Bertz CT molecular complexity index is 630. The van der Waals surface area contributed by atoms with Gasteiger partial charge in [-0.1, -0.05) is 42.5 Å². The molecule has 0 saturated carbocycles. The average molecular weight is 298 g/mol. The van der Waals surface area contributed by atoms with Crippen LogP contribution in [-0.4, -0.2) is 29.6 Å². The Hall–Kier alpha value is -1.94. The number of benzene rings is 2. The van der Waals surface area contributed by atoms with E-state index in [0.29, 0.717) is 13.1 Å². The Morgan fingerprint density at radius 2 is 1.90 bits per heavy atom. The summed E-state index contributed by atoms with van der Waals surface area (Å²) in [6.07, 6.45) is 0. The Kier molecular flexibility index (Phi) is 4.15. The van der Waals surface area contributed by atoms with E-state index >= 15 is 0 Å². The number of fused-ring (bicyclic) bond motifs is 1. The smallest absolute Gasteiger partial charge is 0.237 e. The Morgan fingerprint density at radius 3 is 2.71 bits per heavy atom. The van der Waals surface area contributed by atoms with Gasteiger partial charge >= 0.3 is 0 Å². The van der Waals surface area contributed by atoms with Crippen LogP contribution in [-0.2, 0) is 11.3 Å². The maximum atomic E-state index is 12.6. The first-order valence-corrected chi connectivity index (χ1v) is 7.90. The van der Waals surface area contributed by atoms with Gasteiger partial charge in [-0.3, -0.25) is 4.79 Å². The van der Waals surface area contributed by atoms with Gasteiger partial charge in [-0.2, -0.15) is 0 Å². The summed E-state index contributed by atoms with van der Waals surface area (Å²) < 4.78 is 0. The SMILES string of the molecule is CN(Cc1ccccc1)C(=O)[C@H]1CNc2ccccc2S1. The van der Waals surface area contributed by atoms with Crippen molar-refractivity contribution in [3.8, 4) is 0 Å². The molecule has 3 nitrogen and oxygen atoms in total. The number of amides is 1. The first-order valence-electron chi connectivity index (χ1n) is 7.02. The molecule has 108 valence electrons. The minimum atomic E-state index is -0.0615. The number of hydrogen-bond donors (Lipinski definition) is 1. The van der Waals surface area contributed by atoms with Crippen LogP contribution in [0.25, 0.3) is 0 Å². The van der Waals surface area contributed by atoms with E-state index in [1.807, 2.05) is 54.4 Å². The third kappa shape index (κ3) is 3.22. The lowest BCUT2D eigenvalue weighted by Gasteiger charge is -2.28. The van der Waals surface area contributed by atoms with Gasteiger partial charge in [0.25, 0.3) is 0 Å². The lowest BCUT2D eigenvalue weighted by molar-refractivity contribution is -0.129. The normalized spacial score (nSPS) is 16.7. The van der Waals surface area contributed by atoms with Crippen LogP contribution in [0.3, 0.4) is 0 Å². The van der Waals surface area contributed by atoms with Gasteiger partial charge in [0.1, 0.15) is 5.25 Å². The number of carbonyl (C=O) groups is 1. The molecule has 2 aromatic rings. The van der Waals surface area contributed by atoms with Crippen molar-refractivity contribution >= 4 is 23.4 Å². The zero-order chi connectivity index (χ0) is 14.7. The molecule has 0 spiro atoms. The topological polar surface area (TPSA) is 32.3 Å². The highest BCUT2D eigenvalue weighted by molar-refractivity contribution is 8.00. The van der Waals surface area contributed by atoms with Crippen LogP contribution in [0.2, 0.25) is 0 Å². The van der Waals surface area contributed by atoms with E-state index in [1.165, 1.54) is 0 Å². The van der Waals surface area contributed by atoms with E-state index in [4.69, 9.17) is 0 Å². The lowest BCUT2D eigenvalue weighted by atomic mass is 10.2. The molecule has 0 fully saturated rings. The summed E-state index contributed by atoms with van der Waals surface area (Å²) in [6.45, 7) is 1.33. The van der Waals surface area contributed by atoms with Gasteiger partial charge in [-0.25, -0.2) is 0 Å². The zero-order valence-electron chi connectivity index (χ0n) is 12.0. The van der Waals surface area contributed by atoms with Crippen molar-refractivity contribution in [3.63, 3.8) is 0 Å². The molecular formula is C17H18N2OS. The molecule has 1 heterocycles. The Labute approximate surface area is 129 Å². The molecule has 0 saturated heterocycles. The predicted octanol–water partition coefficient (Wildman–Crippen LogP) is 3.23. The van der Waals surface area contributed by atoms with Gasteiger partial charge in [-0.05, 0) is 17.7 Å². The van der Waals surface area contributed by atoms with Gasteiger partial charge in [-0.15, -0.1) is 11.8 Å². The maximum absolute atomic E-state index is 12.6. The van der Waals surface area contributed by atoms with Gasteiger partial charge in [0.05, 0.1) is 0 Å². The summed E-state index contributed by atoms with van der Waals surface area (Å²) in [7, 11) is 1.87. The average Bonchev–Trinajstić information content (AvgIpc) is 2.54. The number of carbonyl (C=O) groups excluding carboxylic acids is 1. The van der Waals surface area contributed by atoms with Gasteiger partial charge in [0, 0.05) is 30.7 Å². The molecule has 0 bridgehead atoms. The van der Waals surface area contributed by atoms with Crippen molar-refractivity contribution in [1.29, 1.82) is 0 Å². The van der Waals surface area contributed by atoms with E-state index in [1.54, 1.807) is 11.8 Å². The molecule has 1 amide bonds. The van der Waals surface area contributed by atoms with Crippen molar-refractivity contribution in [3.05, 3.63) is 60.2 Å². The molecule has 21 heavy (non-hydrogen) atoms. The molecule has 1 N–H and O–H groups in total. The number of nitrogens with zero attached hydrogens (tertiary/aromatic N) is 1. The van der Waals surface area contributed by atoms with Crippen LogP contribution in [0.4, 0.5) is 5.69 Å². The van der Waals surface area contributed by atoms with E-state index in [2.05, 4.69) is 17.4 Å². The summed E-state index contributed by atoms with van der Waals surface area (Å²) in [5, 5.41) is 3.28. The van der Waals surface area contributed by atoms with Crippen molar-refractivity contribution in [2.24, 2.45) is 0 Å². The fraction of sp³-hybridized carbons (Fsp3) is 0.235. The summed E-state index contributed by atoms with van der Waals surface area (Å²) in [4.78, 5) is 15.5. The number of hydrogen-bond acceptors (Lipinski definition) is 3. The molecule has 0 aromatic heterocycles. The first kappa shape index (κ1) is 14.0. The molecule has 1 atom stereocenters. The van der Waals surface area contributed by atoms with Crippen molar-refractivity contribution in [2.45, 2.75) is 16.7 Å². The molecule has 3 rings (SSSR count). The van der Waals surface area contributed by atoms with Crippen LogP contribution in [0.5, 0.6) is 0 Å². The Balaban J connectivity index is 1.66. The minimum absolute atomic E-state index is 0.0615. The zero-order valence-corrected chi connectivity index (χ0v) is 12.8. The second kappa shape index (κ2) is 6.22. The monoisotopic (exact) mass is 298 g/mol. The van der Waals surface area contributed by atoms with E-state index in [9.17, 15) is 4.79 Å². The fourth-order valence-corrected chi connectivity index (χ4v) is 3.61. The quantitative estimate of drug-likeness (QED) is 0.944. The van der Waals surface area contributed by atoms with Crippen molar-refractivity contribution < 1.29 is 4.79 Å². The second-order valence-electron chi connectivity index (χ2n) is 5.16. The van der Waals surface area contributed by atoms with Gasteiger partial charge in [0.2, 0.25) is 5.91 Å². The predicted molar refractivity (Wildman–Crippen MR) is 87.5 cm³/mol. The summed E-state index contributed by atoms with van der Waals surface area (Å²) in [5.74, 6) is 0.172. The Morgan fingerprint density at radius 1 is 1.19 bits per heavy atom. The van der Waals surface area contributed by atoms with E-state index < -0.39 is 0 Å². The largest absolute Gasteiger partial charge is 0.382 e. The molecule has 4 heteroatoms. The van der Waals surface area contributed by atoms with Crippen LogP contribution in [0.15, 0.2) is 59.5 Å². The van der Waals surface area contributed by atoms with Crippen molar-refractivity contribution in [2.75, 3.05) is 18.9 Å². The molecule has 0 aliphatic carbocycles. The summed E-state index contributed by atoms with van der Waals surface area (Å²) >= 11 is 1.65. The maximum Gasteiger partial charge on any atom is 0.237 e. The molecule has 1 aliphatic heterocycles. The van der Waals surface area contributed by atoms with Crippen LogP contribution in [0, 0.1) is 0 Å². The van der Waals surface area contributed by atoms with Crippen LogP contribution < -0.4 is 5.32 Å². The first-order chi connectivity index (χ1) is 10.2. The number of para-hydroxylation sites is 1. The van der Waals surface area contributed by atoms with Crippen LogP contribution >= 0.6 is 11.8 Å². The third-order valence-corrected chi connectivity index (χ3v) is 4.81. The molecule has 0 unspecified atom stereocenters. The minimum Gasteiger partial charge on any atom is -0.382 e. The number of rotatable bonds is 3. The van der Waals surface area contributed by atoms with E-state index in [-0.39, 0.29) is 11.2 Å². The number of thioether (sulfide) groups is 1. The van der Waals surface area contributed by atoms with E-state index in [0.717, 1.165) is 16.1 Å². The lowest BCUT2D eigenvalue weighted by Crippen LogP contribution is -2.39. The second-order valence-corrected chi connectivity index (χ2v) is 6.41. The molecule has 2 aromatic carbocycles. The van der Waals surface area contributed by atoms with Crippen LogP contribution in [0.1, 0.15) is 5.56 Å². The third-order valence-electron chi connectivity index (χ3n) is 3.55. The standard InChI is InChI=1S/C17H18N2OS/c1-19(12-13-7-3-2-4-8-13)17(20)16-11-18-14-9-5-6-10-15(14)21-16/h2-10,16,18H,11-12H2,1H3/t16-/m1/s1. The molecular weight excluding hydrogens is 280 g/mol. The van der Waals surface area contributed by atoms with Gasteiger partial charge in [0.15, 0.2) is 0 Å². The van der Waals surface area contributed by atoms with Gasteiger partial charge < -0.3 is 10.2 Å².